The molecule has 4 nitrogen and oxygen atoms in total. The lowest BCUT2D eigenvalue weighted by atomic mass is 10.3. The second-order valence-electron chi connectivity index (χ2n) is 3.45. The Morgan fingerprint density at radius 3 is 2.71 bits per heavy atom. The second-order valence-corrected chi connectivity index (χ2v) is 4.70. The van der Waals surface area contributed by atoms with E-state index in [1.807, 2.05) is 30.3 Å². The van der Waals surface area contributed by atoms with Gasteiger partial charge in [-0.15, -0.1) is 0 Å². The Morgan fingerprint density at radius 2 is 1.88 bits per heavy atom. The van der Waals surface area contributed by atoms with Crippen molar-refractivity contribution in [1.82, 2.24) is 14.6 Å². The highest BCUT2D eigenvalue weighted by atomic mass is 127. The number of hydrogen-bond acceptors (Lipinski definition) is 3. The molecule has 0 aliphatic carbocycles. The first-order valence-electron chi connectivity index (χ1n) is 5.05. The Bertz CT molecular complexity index is 648. The summed E-state index contributed by atoms with van der Waals surface area (Å²) in [7, 11) is 0. The quantitative estimate of drug-likeness (QED) is 0.675. The van der Waals surface area contributed by atoms with Crippen LogP contribution in [0.5, 0.6) is 11.6 Å². The Balaban J connectivity index is 1.99. The maximum absolute atomic E-state index is 5.73. The topological polar surface area (TPSA) is 39.4 Å². The lowest BCUT2D eigenvalue weighted by Gasteiger charge is -2.05. The molecule has 0 amide bonds. The molecule has 0 unspecified atom stereocenters. The van der Waals surface area contributed by atoms with Crippen LogP contribution in [0.25, 0.3) is 5.52 Å². The zero-order valence-electron chi connectivity index (χ0n) is 8.75. The van der Waals surface area contributed by atoms with E-state index in [4.69, 9.17) is 4.74 Å². The number of halogens is 1. The highest BCUT2D eigenvalue weighted by molar-refractivity contribution is 14.1. The van der Waals surface area contributed by atoms with Crippen molar-refractivity contribution in [3.63, 3.8) is 0 Å². The average molecular weight is 337 g/mol. The molecule has 3 rings (SSSR count). The number of benzene rings is 1. The first kappa shape index (κ1) is 10.5. The van der Waals surface area contributed by atoms with Gasteiger partial charge in [0.2, 0.25) is 5.88 Å². The van der Waals surface area contributed by atoms with Crippen LogP contribution in [0, 0.1) is 3.57 Å². The minimum atomic E-state index is 0.561. The molecule has 0 radical (unpaired) electrons. The smallest absolute Gasteiger partial charge is 0.245 e. The van der Waals surface area contributed by atoms with Crippen LogP contribution in [0.3, 0.4) is 0 Å². The lowest BCUT2D eigenvalue weighted by molar-refractivity contribution is 0.465. The Labute approximate surface area is 111 Å². The molecular formula is C12H8IN3O. The van der Waals surface area contributed by atoms with Crippen molar-refractivity contribution in [3.8, 4) is 11.6 Å². The minimum Gasteiger partial charge on any atom is -0.437 e. The molecule has 0 aliphatic heterocycles. The van der Waals surface area contributed by atoms with Crippen molar-refractivity contribution in [1.29, 1.82) is 0 Å². The van der Waals surface area contributed by atoms with Crippen LogP contribution in [-0.2, 0) is 0 Å². The Kier molecular flexibility index (Phi) is 2.68. The minimum absolute atomic E-state index is 0.561. The molecule has 84 valence electrons. The van der Waals surface area contributed by atoms with Crippen LogP contribution in [-0.4, -0.2) is 14.6 Å². The van der Waals surface area contributed by atoms with E-state index < -0.39 is 0 Å². The number of fused-ring (bicyclic) bond motifs is 1. The fourth-order valence-electron chi connectivity index (χ4n) is 1.53. The standard InChI is InChI=1S/C12H8IN3O/c13-9-1-3-10(4-2-9)17-12-11-5-6-15-16(11)8-7-14-12/h1-8H. The van der Waals surface area contributed by atoms with Gasteiger partial charge in [-0.3, -0.25) is 0 Å². The van der Waals surface area contributed by atoms with Gasteiger partial charge in [0, 0.05) is 16.0 Å². The summed E-state index contributed by atoms with van der Waals surface area (Å²) in [4.78, 5) is 4.21. The first-order valence-corrected chi connectivity index (χ1v) is 6.12. The summed E-state index contributed by atoms with van der Waals surface area (Å²) in [5.41, 5.74) is 0.853. The van der Waals surface area contributed by atoms with Crippen LogP contribution in [0.2, 0.25) is 0 Å². The molecule has 0 saturated carbocycles. The van der Waals surface area contributed by atoms with E-state index >= 15 is 0 Å². The van der Waals surface area contributed by atoms with Crippen molar-refractivity contribution in [3.05, 3.63) is 52.5 Å². The molecule has 0 fully saturated rings. The van der Waals surface area contributed by atoms with Crippen molar-refractivity contribution in [2.24, 2.45) is 0 Å². The van der Waals surface area contributed by atoms with Crippen LogP contribution in [0.1, 0.15) is 0 Å². The van der Waals surface area contributed by atoms with Crippen LogP contribution < -0.4 is 4.74 Å². The van der Waals surface area contributed by atoms with Gasteiger partial charge in [-0.05, 0) is 52.9 Å². The summed E-state index contributed by atoms with van der Waals surface area (Å²) in [6.07, 6.45) is 5.18. The number of rotatable bonds is 2. The fraction of sp³-hybridized carbons (Fsp3) is 0. The van der Waals surface area contributed by atoms with E-state index in [9.17, 15) is 0 Å². The maximum Gasteiger partial charge on any atom is 0.245 e. The molecule has 0 aliphatic rings. The van der Waals surface area contributed by atoms with E-state index in [0.29, 0.717) is 5.88 Å². The molecule has 3 aromatic rings. The van der Waals surface area contributed by atoms with E-state index in [0.717, 1.165) is 11.3 Å². The third-order valence-electron chi connectivity index (χ3n) is 2.32. The molecule has 5 heteroatoms. The second kappa shape index (κ2) is 4.33. The zero-order chi connectivity index (χ0) is 11.7. The molecule has 2 aromatic heterocycles. The monoisotopic (exact) mass is 337 g/mol. The Hall–Kier alpha value is -1.63. The number of nitrogens with zero attached hydrogens (tertiary/aromatic N) is 3. The summed E-state index contributed by atoms with van der Waals surface area (Å²) >= 11 is 2.26. The van der Waals surface area contributed by atoms with Gasteiger partial charge in [0.25, 0.3) is 0 Å². The molecule has 1 aromatic carbocycles. The van der Waals surface area contributed by atoms with Crippen molar-refractivity contribution < 1.29 is 4.74 Å². The van der Waals surface area contributed by atoms with E-state index in [-0.39, 0.29) is 0 Å². The van der Waals surface area contributed by atoms with E-state index in [1.165, 1.54) is 3.57 Å². The number of ether oxygens (including phenoxy) is 1. The molecular weight excluding hydrogens is 329 g/mol. The molecule has 0 spiro atoms. The lowest BCUT2D eigenvalue weighted by Crippen LogP contribution is -1.93. The SMILES string of the molecule is Ic1ccc(Oc2nccn3nccc23)cc1. The van der Waals surface area contributed by atoms with Gasteiger partial charge in [0.05, 0.1) is 6.20 Å². The molecule has 17 heavy (non-hydrogen) atoms. The van der Waals surface area contributed by atoms with Gasteiger partial charge in [0.1, 0.15) is 11.3 Å². The summed E-state index contributed by atoms with van der Waals surface area (Å²) in [5, 5.41) is 4.13. The van der Waals surface area contributed by atoms with Crippen molar-refractivity contribution in [2.75, 3.05) is 0 Å². The molecule has 0 atom stereocenters. The largest absolute Gasteiger partial charge is 0.437 e. The molecule has 0 saturated heterocycles. The van der Waals surface area contributed by atoms with Gasteiger partial charge >= 0.3 is 0 Å². The van der Waals surface area contributed by atoms with Gasteiger partial charge in [-0.25, -0.2) is 9.50 Å². The number of hydrogen-bond donors (Lipinski definition) is 0. The molecule has 0 N–H and O–H groups in total. The van der Waals surface area contributed by atoms with Crippen LogP contribution >= 0.6 is 22.6 Å². The van der Waals surface area contributed by atoms with Gasteiger partial charge in [0.15, 0.2) is 0 Å². The van der Waals surface area contributed by atoms with Crippen molar-refractivity contribution >= 4 is 28.1 Å². The van der Waals surface area contributed by atoms with Crippen LogP contribution in [0.4, 0.5) is 0 Å². The molecule has 0 bridgehead atoms. The zero-order valence-corrected chi connectivity index (χ0v) is 10.9. The first-order chi connectivity index (χ1) is 8.33. The third kappa shape index (κ3) is 2.10. The predicted molar refractivity (Wildman–Crippen MR) is 72.2 cm³/mol. The highest BCUT2D eigenvalue weighted by Crippen LogP contribution is 2.23. The fourth-order valence-corrected chi connectivity index (χ4v) is 1.89. The summed E-state index contributed by atoms with van der Waals surface area (Å²) < 4.78 is 8.63. The highest BCUT2D eigenvalue weighted by Gasteiger charge is 2.05. The van der Waals surface area contributed by atoms with Crippen LogP contribution in [0.15, 0.2) is 48.9 Å². The summed E-state index contributed by atoms with van der Waals surface area (Å²) in [6.45, 7) is 0. The number of aromatic nitrogens is 3. The van der Waals surface area contributed by atoms with E-state index in [2.05, 4.69) is 32.7 Å². The van der Waals surface area contributed by atoms with Gasteiger partial charge < -0.3 is 4.74 Å². The Morgan fingerprint density at radius 1 is 1.06 bits per heavy atom. The van der Waals surface area contributed by atoms with Gasteiger partial charge in [-0.1, -0.05) is 0 Å². The van der Waals surface area contributed by atoms with Gasteiger partial charge in [-0.2, -0.15) is 5.10 Å². The average Bonchev–Trinajstić information content (AvgIpc) is 2.81. The summed E-state index contributed by atoms with van der Waals surface area (Å²) in [6, 6.07) is 9.69. The predicted octanol–water partition coefficient (Wildman–Crippen LogP) is 3.13. The summed E-state index contributed by atoms with van der Waals surface area (Å²) in [5.74, 6) is 1.33. The normalized spacial score (nSPS) is 10.6. The van der Waals surface area contributed by atoms with E-state index in [1.54, 1.807) is 23.1 Å². The molecule has 2 heterocycles. The van der Waals surface area contributed by atoms with Crippen molar-refractivity contribution in [2.45, 2.75) is 0 Å². The third-order valence-corrected chi connectivity index (χ3v) is 3.04. The maximum atomic E-state index is 5.73.